The number of para-hydroxylation sites is 1. The highest BCUT2D eigenvalue weighted by atomic mass is 16.3. The van der Waals surface area contributed by atoms with Crippen LogP contribution in [-0.2, 0) is 0 Å². The molecule has 1 nitrogen and oxygen atoms in total. The van der Waals surface area contributed by atoms with Gasteiger partial charge in [0.25, 0.3) is 0 Å². The number of hydrogen-bond acceptors (Lipinski definition) is 1. The molecule has 0 unspecified atom stereocenters. The van der Waals surface area contributed by atoms with Crippen LogP contribution in [0.5, 0.6) is 0 Å². The SMILES string of the molecule is [2H]c1c([2H])c(-c2c3cccc(-c4ccc5oc6ccccc6c5c4)c3cc3c2ccc2ccccc23)c([2H])c([2H])c1-c1ccc2c(ccc3c4ccccc4ccc23)c1. The Bertz CT molecular complexity index is 3760. The fourth-order valence-electron chi connectivity index (χ4n) is 8.88. The summed E-state index contributed by atoms with van der Waals surface area (Å²) >= 11 is 0. The molecule has 0 aliphatic rings. The van der Waals surface area contributed by atoms with Crippen molar-refractivity contribution in [1.29, 1.82) is 0 Å². The van der Waals surface area contributed by atoms with E-state index in [1.807, 2.05) is 60.7 Å². The van der Waals surface area contributed by atoms with Crippen LogP contribution in [0.15, 0.2) is 198 Å². The van der Waals surface area contributed by atoms with Crippen molar-refractivity contribution in [3.63, 3.8) is 0 Å². The Labute approximate surface area is 322 Å². The second kappa shape index (κ2) is 11.6. The molecule has 0 aliphatic carbocycles. The maximum Gasteiger partial charge on any atom is 0.135 e. The highest BCUT2D eigenvalue weighted by molar-refractivity contribution is 6.23. The van der Waals surface area contributed by atoms with Gasteiger partial charge in [-0.1, -0.05) is 164 Å². The van der Waals surface area contributed by atoms with Gasteiger partial charge in [0.1, 0.15) is 11.2 Å². The molecule has 0 saturated heterocycles. The molecule has 0 aliphatic heterocycles. The predicted molar refractivity (Wildman–Crippen MR) is 235 cm³/mol. The minimum absolute atomic E-state index is 0.0634. The standard InChI is InChI=1S/C54H32O/c1-3-10-40-34(8-1)20-26-45-43-25-22-37(30-38(43)23-27-44(40)45)33-16-18-36(19-17-33)54-47-14-7-13-42(39-24-29-53-51(31-39)46-12-5-6-15-52(46)55-53)50(47)32-49-41-11-4-2-9-35(41)21-28-48(49)54/h1-32H/i16D,17D,18D,19D. The molecule has 12 rings (SSSR count). The molecule has 0 atom stereocenters. The van der Waals surface area contributed by atoms with E-state index in [0.29, 0.717) is 22.3 Å². The average Bonchev–Trinajstić information content (AvgIpc) is 3.65. The molecular weight excluding hydrogens is 665 g/mol. The number of furan rings is 1. The molecule has 254 valence electrons. The molecule has 0 radical (unpaired) electrons. The van der Waals surface area contributed by atoms with Crippen LogP contribution < -0.4 is 0 Å². The van der Waals surface area contributed by atoms with Gasteiger partial charge in [-0.05, 0) is 128 Å². The van der Waals surface area contributed by atoms with Crippen molar-refractivity contribution in [1.82, 2.24) is 0 Å². The number of rotatable bonds is 3. The molecule has 0 spiro atoms. The Hall–Kier alpha value is -7.22. The summed E-state index contributed by atoms with van der Waals surface area (Å²) in [5, 5.41) is 14.7. The Morgan fingerprint density at radius 3 is 1.65 bits per heavy atom. The van der Waals surface area contributed by atoms with Crippen molar-refractivity contribution in [3.8, 4) is 33.4 Å². The Balaban J connectivity index is 1.10. The summed E-state index contributed by atoms with van der Waals surface area (Å²) in [5.41, 5.74) is 5.63. The molecule has 1 heterocycles. The normalized spacial score (nSPS) is 13.0. The molecule has 55 heavy (non-hydrogen) atoms. The van der Waals surface area contributed by atoms with E-state index >= 15 is 0 Å². The minimum atomic E-state index is -0.0651. The zero-order chi connectivity index (χ0) is 39.5. The second-order valence-corrected chi connectivity index (χ2v) is 14.5. The lowest BCUT2D eigenvalue weighted by molar-refractivity contribution is 0.669. The van der Waals surface area contributed by atoms with Gasteiger partial charge >= 0.3 is 0 Å². The van der Waals surface area contributed by atoms with E-state index in [1.165, 1.54) is 16.2 Å². The van der Waals surface area contributed by atoms with E-state index in [1.54, 1.807) is 0 Å². The zero-order valence-electron chi connectivity index (χ0n) is 33.6. The van der Waals surface area contributed by atoms with Gasteiger partial charge in [-0.25, -0.2) is 0 Å². The van der Waals surface area contributed by atoms with Gasteiger partial charge in [0, 0.05) is 10.8 Å². The molecule has 0 saturated carbocycles. The molecule has 11 aromatic carbocycles. The van der Waals surface area contributed by atoms with Crippen LogP contribution in [0.2, 0.25) is 0 Å². The molecule has 0 amide bonds. The van der Waals surface area contributed by atoms with Crippen molar-refractivity contribution in [2.45, 2.75) is 0 Å². The summed E-state index contributed by atoms with van der Waals surface area (Å²) < 4.78 is 44.6. The lowest BCUT2D eigenvalue weighted by Crippen LogP contribution is -1.90. The summed E-state index contributed by atoms with van der Waals surface area (Å²) in [6, 6.07) is 57.9. The van der Waals surface area contributed by atoms with Gasteiger partial charge in [-0.3, -0.25) is 0 Å². The first-order valence-electron chi connectivity index (χ1n) is 20.7. The van der Waals surface area contributed by atoms with Crippen molar-refractivity contribution < 1.29 is 9.90 Å². The first-order valence-corrected chi connectivity index (χ1v) is 18.7. The van der Waals surface area contributed by atoms with Crippen LogP contribution in [0.3, 0.4) is 0 Å². The van der Waals surface area contributed by atoms with Gasteiger partial charge in [0.2, 0.25) is 0 Å². The quantitative estimate of drug-likeness (QED) is 0.132. The van der Waals surface area contributed by atoms with E-state index in [4.69, 9.17) is 4.42 Å². The Morgan fingerprint density at radius 1 is 0.291 bits per heavy atom. The van der Waals surface area contributed by atoms with Gasteiger partial charge in [0.05, 0.1) is 5.48 Å². The lowest BCUT2D eigenvalue weighted by Gasteiger charge is -2.17. The van der Waals surface area contributed by atoms with E-state index < -0.39 is 0 Å². The predicted octanol–water partition coefficient (Wildman–Crippen LogP) is 15.5. The average molecular weight is 701 g/mol. The summed E-state index contributed by atoms with van der Waals surface area (Å²) in [6.45, 7) is 0. The lowest BCUT2D eigenvalue weighted by atomic mass is 9.86. The summed E-state index contributed by atoms with van der Waals surface area (Å²) in [7, 11) is 0. The van der Waals surface area contributed by atoms with Crippen molar-refractivity contribution >= 4 is 86.6 Å². The highest BCUT2D eigenvalue weighted by Crippen LogP contribution is 2.44. The third-order valence-corrected chi connectivity index (χ3v) is 11.5. The fraction of sp³-hybridized carbons (Fsp3) is 0. The first kappa shape index (κ1) is 26.5. The maximum atomic E-state index is 9.69. The monoisotopic (exact) mass is 700 g/mol. The summed E-state index contributed by atoms with van der Waals surface area (Å²) in [6.07, 6.45) is 0. The molecule has 1 heteroatoms. The summed E-state index contributed by atoms with van der Waals surface area (Å²) in [5.74, 6) is 0. The fourth-order valence-corrected chi connectivity index (χ4v) is 8.88. The molecule has 12 aromatic rings. The zero-order valence-corrected chi connectivity index (χ0v) is 29.6. The third kappa shape index (κ3) is 4.60. The minimum Gasteiger partial charge on any atom is -0.456 e. The van der Waals surface area contributed by atoms with E-state index in [0.717, 1.165) is 81.5 Å². The van der Waals surface area contributed by atoms with Crippen LogP contribution in [0.25, 0.3) is 120 Å². The maximum absolute atomic E-state index is 9.69. The topological polar surface area (TPSA) is 13.1 Å². The van der Waals surface area contributed by atoms with E-state index in [2.05, 4.69) is 109 Å². The van der Waals surface area contributed by atoms with Crippen LogP contribution in [0.4, 0.5) is 0 Å². The molecule has 0 N–H and O–H groups in total. The van der Waals surface area contributed by atoms with Crippen LogP contribution >= 0.6 is 0 Å². The van der Waals surface area contributed by atoms with E-state index in [-0.39, 0.29) is 24.2 Å². The highest BCUT2D eigenvalue weighted by Gasteiger charge is 2.17. The molecule has 0 fully saturated rings. The van der Waals surface area contributed by atoms with Crippen molar-refractivity contribution in [3.05, 3.63) is 194 Å². The van der Waals surface area contributed by atoms with Gasteiger partial charge in [-0.15, -0.1) is 0 Å². The summed E-state index contributed by atoms with van der Waals surface area (Å²) in [4.78, 5) is 0. The second-order valence-electron chi connectivity index (χ2n) is 14.5. The largest absolute Gasteiger partial charge is 0.456 e. The first-order chi connectivity index (χ1) is 28.9. The van der Waals surface area contributed by atoms with Gasteiger partial charge in [-0.2, -0.15) is 0 Å². The number of benzene rings is 11. The van der Waals surface area contributed by atoms with Gasteiger partial charge < -0.3 is 4.42 Å². The number of fused-ring (bicyclic) bond motifs is 12. The molecule has 1 aromatic heterocycles. The Morgan fingerprint density at radius 2 is 0.855 bits per heavy atom. The smallest absolute Gasteiger partial charge is 0.135 e. The van der Waals surface area contributed by atoms with Gasteiger partial charge in [0.15, 0.2) is 0 Å². The number of hydrogen-bond donors (Lipinski definition) is 0. The van der Waals surface area contributed by atoms with Crippen molar-refractivity contribution in [2.75, 3.05) is 0 Å². The third-order valence-electron chi connectivity index (χ3n) is 11.5. The van der Waals surface area contributed by atoms with Crippen molar-refractivity contribution in [2.24, 2.45) is 0 Å². The molecule has 0 bridgehead atoms. The molecular formula is C54H32O. The van der Waals surface area contributed by atoms with Crippen LogP contribution in [-0.4, -0.2) is 0 Å². The van der Waals surface area contributed by atoms with E-state index in [9.17, 15) is 5.48 Å². The van der Waals surface area contributed by atoms with Crippen LogP contribution in [0.1, 0.15) is 5.48 Å². The Kier molecular flexibility index (Phi) is 5.61. The van der Waals surface area contributed by atoms with Crippen LogP contribution in [0, 0.1) is 0 Å².